The highest BCUT2D eigenvalue weighted by atomic mass is 35.5. The summed E-state index contributed by atoms with van der Waals surface area (Å²) in [5, 5.41) is 8.14. The van der Waals surface area contributed by atoms with Crippen molar-refractivity contribution < 1.29 is 18.0 Å². The van der Waals surface area contributed by atoms with Crippen LogP contribution >= 0.6 is 11.6 Å². The van der Waals surface area contributed by atoms with Crippen molar-refractivity contribution >= 4 is 50.4 Å². The zero-order valence-corrected chi connectivity index (χ0v) is 17.4. The Morgan fingerprint density at radius 2 is 1.37 bits per heavy atom. The molecule has 3 rings (SSSR count). The molecule has 0 unspecified atom stereocenters. The topological polar surface area (TPSA) is 104 Å². The minimum absolute atomic E-state index is 0.00921. The Hall–Kier alpha value is -3.36. The third-order valence-corrected chi connectivity index (χ3v) is 5.46. The smallest absolute Gasteiger partial charge is 0.322 e. The quantitative estimate of drug-likeness (QED) is 0.534. The van der Waals surface area contributed by atoms with Crippen LogP contribution in [0.1, 0.15) is 10.4 Å². The van der Waals surface area contributed by atoms with Crippen LogP contribution in [0, 0.1) is 0 Å². The molecule has 0 bridgehead atoms. The SMILES string of the molecule is CS(=O)(=O)c1ccc(Cl)c(C(=O)Nc2cccc(NC(=O)Nc3ccccc3)c2)c1. The molecule has 3 aromatic rings. The van der Waals surface area contributed by atoms with E-state index in [9.17, 15) is 18.0 Å². The Labute approximate surface area is 179 Å². The lowest BCUT2D eigenvalue weighted by Crippen LogP contribution is -2.19. The van der Waals surface area contributed by atoms with Crippen LogP contribution in [0.5, 0.6) is 0 Å². The third kappa shape index (κ3) is 5.59. The zero-order chi connectivity index (χ0) is 21.7. The summed E-state index contributed by atoms with van der Waals surface area (Å²) in [6.07, 6.45) is 1.05. The van der Waals surface area contributed by atoms with E-state index in [1.807, 2.05) is 6.07 Å². The van der Waals surface area contributed by atoms with E-state index in [0.717, 1.165) is 6.26 Å². The predicted octanol–water partition coefficient (Wildman–Crippen LogP) is 4.64. The minimum atomic E-state index is -3.49. The molecule has 3 aromatic carbocycles. The number of hydrogen-bond acceptors (Lipinski definition) is 4. The lowest BCUT2D eigenvalue weighted by molar-refractivity contribution is 0.102. The van der Waals surface area contributed by atoms with Crippen LogP contribution < -0.4 is 16.0 Å². The van der Waals surface area contributed by atoms with Crippen LogP contribution in [-0.2, 0) is 9.84 Å². The number of para-hydroxylation sites is 1. The molecular weight excluding hydrogens is 426 g/mol. The van der Waals surface area contributed by atoms with Crippen molar-refractivity contribution in [1.29, 1.82) is 0 Å². The second-order valence-corrected chi connectivity index (χ2v) is 8.82. The fourth-order valence-electron chi connectivity index (χ4n) is 2.60. The summed E-state index contributed by atoms with van der Waals surface area (Å²) in [4.78, 5) is 24.7. The Bertz CT molecular complexity index is 1200. The number of amides is 3. The van der Waals surface area contributed by atoms with Gasteiger partial charge >= 0.3 is 6.03 Å². The van der Waals surface area contributed by atoms with Crippen molar-refractivity contribution in [2.75, 3.05) is 22.2 Å². The zero-order valence-electron chi connectivity index (χ0n) is 15.8. The van der Waals surface area contributed by atoms with Crippen LogP contribution in [0.4, 0.5) is 21.9 Å². The lowest BCUT2D eigenvalue weighted by atomic mass is 10.2. The standard InChI is InChI=1S/C21H18ClN3O4S/c1-30(28,29)17-10-11-19(22)18(13-17)20(26)23-15-8-5-9-16(12-15)25-21(27)24-14-6-3-2-4-7-14/h2-13H,1H3,(H,23,26)(H2,24,25,27). The number of carbonyl (C=O) groups is 2. The average Bonchev–Trinajstić information content (AvgIpc) is 2.68. The van der Waals surface area contributed by atoms with Crippen molar-refractivity contribution in [2.24, 2.45) is 0 Å². The number of rotatable bonds is 5. The molecular formula is C21H18ClN3O4S. The average molecular weight is 444 g/mol. The van der Waals surface area contributed by atoms with Gasteiger partial charge in [0.2, 0.25) is 0 Å². The molecule has 3 N–H and O–H groups in total. The first-order valence-corrected chi connectivity index (χ1v) is 11.0. The first-order valence-electron chi connectivity index (χ1n) is 8.76. The largest absolute Gasteiger partial charge is 0.323 e. The molecule has 0 fully saturated rings. The maximum Gasteiger partial charge on any atom is 0.323 e. The molecule has 0 heterocycles. The molecule has 9 heteroatoms. The number of carbonyl (C=O) groups excluding carboxylic acids is 2. The molecule has 0 aliphatic heterocycles. The third-order valence-electron chi connectivity index (χ3n) is 4.02. The Morgan fingerprint density at radius 1 is 0.767 bits per heavy atom. The molecule has 0 spiro atoms. The highest BCUT2D eigenvalue weighted by molar-refractivity contribution is 7.90. The first-order chi connectivity index (χ1) is 14.2. The van der Waals surface area contributed by atoms with Crippen molar-refractivity contribution in [3.05, 3.63) is 83.4 Å². The summed E-state index contributed by atoms with van der Waals surface area (Å²) in [5.74, 6) is -0.573. The summed E-state index contributed by atoms with van der Waals surface area (Å²) in [7, 11) is -3.49. The van der Waals surface area contributed by atoms with E-state index < -0.39 is 21.8 Å². The summed E-state index contributed by atoms with van der Waals surface area (Å²) in [6, 6.07) is 19.0. The number of nitrogens with one attached hydrogen (secondary N) is 3. The monoisotopic (exact) mass is 443 g/mol. The van der Waals surface area contributed by atoms with Gasteiger partial charge < -0.3 is 16.0 Å². The van der Waals surface area contributed by atoms with Gasteiger partial charge in [0, 0.05) is 23.3 Å². The Balaban J connectivity index is 1.72. The van der Waals surface area contributed by atoms with Crippen molar-refractivity contribution in [3.63, 3.8) is 0 Å². The van der Waals surface area contributed by atoms with Crippen LogP contribution in [0.3, 0.4) is 0 Å². The second-order valence-electron chi connectivity index (χ2n) is 6.39. The van der Waals surface area contributed by atoms with Crippen LogP contribution in [0.15, 0.2) is 77.7 Å². The van der Waals surface area contributed by atoms with Crippen molar-refractivity contribution in [3.8, 4) is 0 Å². The Morgan fingerprint density at radius 3 is 2.03 bits per heavy atom. The van der Waals surface area contributed by atoms with Gasteiger partial charge in [-0.25, -0.2) is 13.2 Å². The van der Waals surface area contributed by atoms with Gasteiger partial charge in [0.15, 0.2) is 9.84 Å². The fourth-order valence-corrected chi connectivity index (χ4v) is 3.45. The maximum atomic E-state index is 12.6. The minimum Gasteiger partial charge on any atom is -0.322 e. The summed E-state index contributed by atoms with van der Waals surface area (Å²) in [6.45, 7) is 0. The number of sulfone groups is 1. The molecule has 0 aliphatic rings. The fraction of sp³-hybridized carbons (Fsp3) is 0.0476. The molecule has 0 aliphatic carbocycles. The van der Waals surface area contributed by atoms with Gasteiger partial charge in [-0.2, -0.15) is 0 Å². The normalized spacial score (nSPS) is 10.9. The highest BCUT2D eigenvalue weighted by Gasteiger charge is 2.16. The summed E-state index contributed by atoms with van der Waals surface area (Å²) >= 11 is 6.06. The number of hydrogen-bond donors (Lipinski definition) is 3. The van der Waals surface area contributed by atoms with Gasteiger partial charge in [-0.3, -0.25) is 4.79 Å². The number of anilines is 3. The van der Waals surface area contributed by atoms with E-state index in [1.165, 1.54) is 18.2 Å². The van der Waals surface area contributed by atoms with E-state index in [0.29, 0.717) is 17.1 Å². The lowest BCUT2D eigenvalue weighted by Gasteiger charge is -2.11. The van der Waals surface area contributed by atoms with Gasteiger partial charge in [-0.05, 0) is 48.5 Å². The molecule has 3 amide bonds. The van der Waals surface area contributed by atoms with Gasteiger partial charge in [0.1, 0.15) is 0 Å². The van der Waals surface area contributed by atoms with Gasteiger partial charge in [0.05, 0.1) is 15.5 Å². The maximum absolute atomic E-state index is 12.6. The molecule has 30 heavy (non-hydrogen) atoms. The first kappa shape index (κ1) is 21.4. The molecule has 0 saturated carbocycles. The summed E-state index contributed by atoms with van der Waals surface area (Å²) < 4.78 is 23.5. The highest BCUT2D eigenvalue weighted by Crippen LogP contribution is 2.23. The van der Waals surface area contributed by atoms with Crippen LogP contribution in [-0.4, -0.2) is 26.6 Å². The van der Waals surface area contributed by atoms with Crippen molar-refractivity contribution in [2.45, 2.75) is 4.90 Å². The van der Waals surface area contributed by atoms with Crippen LogP contribution in [0.2, 0.25) is 5.02 Å². The van der Waals surface area contributed by atoms with Gasteiger partial charge in [0.25, 0.3) is 5.91 Å². The van der Waals surface area contributed by atoms with E-state index in [1.54, 1.807) is 48.5 Å². The molecule has 0 atom stereocenters. The number of urea groups is 1. The van der Waals surface area contributed by atoms with E-state index >= 15 is 0 Å². The van der Waals surface area contributed by atoms with E-state index in [4.69, 9.17) is 11.6 Å². The second kappa shape index (κ2) is 8.98. The van der Waals surface area contributed by atoms with Gasteiger partial charge in [-0.1, -0.05) is 35.9 Å². The van der Waals surface area contributed by atoms with Gasteiger partial charge in [-0.15, -0.1) is 0 Å². The summed E-state index contributed by atoms with van der Waals surface area (Å²) in [5.41, 5.74) is 1.52. The predicted molar refractivity (Wildman–Crippen MR) is 118 cm³/mol. The molecule has 0 radical (unpaired) electrons. The number of halogens is 1. The van der Waals surface area contributed by atoms with E-state index in [2.05, 4.69) is 16.0 Å². The molecule has 154 valence electrons. The number of benzene rings is 3. The molecule has 0 aromatic heterocycles. The van der Waals surface area contributed by atoms with E-state index in [-0.39, 0.29) is 15.5 Å². The van der Waals surface area contributed by atoms with Crippen molar-refractivity contribution in [1.82, 2.24) is 0 Å². The van der Waals surface area contributed by atoms with Crippen LogP contribution in [0.25, 0.3) is 0 Å². The Kier molecular flexibility index (Phi) is 6.39. The molecule has 7 nitrogen and oxygen atoms in total. The molecule has 0 saturated heterocycles.